The lowest BCUT2D eigenvalue weighted by molar-refractivity contribution is 0.582. The first kappa shape index (κ1) is 6.61. The van der Waals surface area contributed by atoms with Crippen molar-refractivity contribution < 1.29 is 0 Å². The zero-order chi connectivity index (χ0) is 6.53. The van der Waals surface area contributed by atoms with Gasteiger partial charge in [-0.1, -0.05) is 5.21 Å². The Hall–Kier alpha value is -0.510. The summed E-state index contributed by atoms with van der Waals surface area (Å²) in [6, 6.07) is 0. The summed E-state index contributed by atoms with van der Waals surface area (Å²) in [5.74, 6) is 0.903. The Morgan fingerprint density at radius 2 is 2.44 bits per heavy atom. The van der Waals surface area contributed by atoms with Gasteiger partial charge in [-0.05, 0) is 12.2 Å². The number of hydrogen-bond donors (Lipinski definition) is 1. The van der Waals surface area contributed by atoms with Crippen LogP contribution in [-0.2, 0) is 6.54 Å². The molecule has 9 heavy (non-hydrogen) atoms. The molecule has 0 bridgehead atoms. The van der Waals surface area contributed by atoms with Crippen LogP contribution in [0.25, 0.3) is 0 Å². The second kappa shape index (κ2) is 3.50. The molecule has 0 aromatic carbocycles. The van der Waals surface area contributed by atoms with Crippen LogP contribution in [0, 0.1) is 0 Å². The number of thiol groups is 1. The van der Waals surface area contributed by atoms with Gasteiger partial charge in [-0.15, -0.1) is 5.10 Å². The van der Waals surface area contributed by atoms with Gasteiger partial charge in [-0.2, -0.15) is 12.6 Å². The molecule has 0 aliphatic rings. The number of nitrogens with zero attached hydrogens (tertiary/aromatic N) is 3. The molecular formula is C5H9N3S. The molecule has 1 rings (SSSR count). The van der Waals surface area contributed by atoms with Crippen molar-refractivity contribution in [3.63, 3.8) is 0 Å². The molecule has 0 atom stereocenters. The van der Waals surface area contributed by atoms with E-state index in [0.29, 0.717) is 0 Å². The Labute approximate surface area is 59.5 Å². The predicted molar refractivity (Wildman–Crippen MR) is 38.5 cm³/mol. The summed E-state index contributed by atoms with van der Waals surface area (Å²) in [4.78, 5) is 0. The molecule has 50 valence electrons. The summed E-state index contributed by atoms with van der Waals surface area (Å²) in [5.41, 5.74) is 0. The van der Waals surface area contributed by atoms with Crippen LogP contribution >= 0.6 is 12.6 Å². The van der Waals surface area contributed by atoms with E-state index < -0.39 is 0 Å². The van der Waals surface area contributed by atoms with E-state index >= 15 is 0 Å². The van der Waals surface area contributed by atoms with Gasteiger partial charge in [0.1, 0.15) is 0 Å². The average Bonchev–Trinajstić information content (AvgIpc) is 2.34. The van der Waals surface area contributed by atoms with Gasteiger partial charge in [0.05, 0.1) is 6.20 Å². The molecular weight excluding hydrogens is 134 g/mol. The highest BCUT2D eigenvalue weighted by Crippen LogP contribution is 1.88. The van der Waals surface area contributed by atoms with Crippen LogP contribution < -0.4 is 0 Å². The molecule has 3 nitrogen and oxygen atoms in total. The Bertz CT molecular complexity index is 149. The molecule has 0 unspecified atom stereocenters. The first-order chi connectivity index (χ1) is 4.43. The average molecular weight is 143 g/mol. The predicted octanol–water partition coefficient (Wildman–Crippen LogP) is 0.598. The third-order valence-corrected chi connectivity index (χ3v) is 1.33. The minimum Gasteiger partial charge on any atom is -0.253 e. The lowest BCUT2D eigenvalue weighted by atomic mass is 10.5. The van der Waals surface area contributed by atoms with E-state index in [1.807, 2.05) is 6.20 Å². The van der Waals surface area contributed by atoms with Crippen LogP contribution in [0.3, 0.4) is 0 Å². The zero-order valence-corrected chi connectivity index (χ0v) is 5.96. The third kappa shape index (κ3) is 2.05. The molecule has 0 aliphatic carbocycles. The van der Waals surface area contributed by atoms with Gasteiger partial charge in [0.2, 0.25) is 0 Å². The molecule has 0 saturated carbocycles. The largest absolute Gasteiger partial charge is 0.253 e. The highest BCUT2D eigenvalue weighted by Gasteiger charge is 1.87. The topological polar surface area (TPSA) is 30.7 Å². The van der Waals surface area contributed by atoms with E-state index in [-0.39, 0.29) is 0 Å². The van der Waals surface area contributed by atoms with Crippen molar-refractivity contribution in [1.82, 2.24) is 15.0 Å². The summed E-state index contributed by atoms with van der Waals surface area (Å²) in [7, 11) is 0. The second-order valence-electron chi connectivity index (χ2n) is 1.74. The fourth-order valence-electron chi connectivity index (χ4n) is 0.585. The zero-order valence-electron chi connectivity index (χ0n) is 5.06. The molecule has 1 heterocycles. The van der Waals surface area contributed by atoms with Gasteiger partial charge < -0.3 is 0 Å². The number of hydrogen-bond acceptors (Lipinski definition) is 3. The SMILES string of the molecule is SCCCn1ccnn1. The number of aryl methyl sites for hydroxylation is 1. The van der Waals surface area contributed by atoms with Crippen molar-refractivity contribution in [1.29, 1.82) is 0 Å². The molecule has 0 N–H and O–H groups in total. The van der Waals surface area contributed by atoms with E-state index in [9.17, 15) is 0 Å². The summed E-state index contributed by atoms with van der Waals surface area (Å²) >= 11 is 4.07. The lowest BCUT2D eigenvalue weighted by Gasteiger charge is -1.93. The van der Waals surface area contributed by atoms with Crippen LogP contribution in [0.15, 0.2) is 12.4 Å². The first-order valence-electron chi connectivity index (χ1n) is 2.88. The molecule has 0 aliphatic heterocycles. The number of rotatable bonds is 3. The van der Waals surface area contributed by atoms with Crippen molar-refractivity contribution in [3.8, 4) is 0 Å². The molecule has 1 aromatic rings. The third-order valence-electron chi connectivity index (χ3n) is 1.02. The summed E-state index contributed by atoms with van der Waals surface area (Å²) in [6.07, 6.45) is 4.58. The van der Waals surface area contributed by atoms with Gasteiger partial charge in [-0.3, -0.25) is 4.68 Å². The Morgan fingerprint density at radius 3 is 3.00 bits per heavy atom. The van der Waals surface area contributed by atoms with E-state index in [1.165, 1.54) is 0 Å². The molecule has 0 fully saturated rings. The van der Waals surface area contributed by atoms with Gasteiger partial charge in [-0.25, -0.2) is 0 Å². The minimum absolute atomic E-state index is 0.903. The molecule has 0 saturated heterocycles. The number of aromatic nitrogens is 3. The van der Waals surface area contributed by atoms with Crippen LogP contribution in [0.5, 0.6) is 0 Å². The van der Waals surface area contributed by atoms with Crippen LogP contribution in [0.2, 0.25) is 0 Å². The quantitative estimate of drug-likeness (QED) is 0.628. The van der Waals surface area contributed by atoms with Crippen molar-refractivity contribution >= 4 is 12.6 Å². The smallest absolute Gasteiger partial charge is 0.0692 e. The van der Waals surface area contributed by atoms with Gasteiger partial charge >= 0.3 is 0 Å². The van der Waals surface area contributed by atoms with E-state index in [0.717, 1.165) is 18.7 Å². The maximum Gasteiger partial charge on any atom is 0.0692 e. The second-order valence-corrected chi connectivity index (χ2v) is 2.19. The van der Waals surface area contributed by atoms with Gasteiger partial charge in [0.25, 0.3) is 0 Å². The standard InChI is InChI=1S/C5H9N3S/c9-5-1-3-8-4-2-6-7-8/h2,4,9H,1,3,5H2. The molecule has 4 heteroatoms. The van der Waals surface area contributed by atoms with Crippen LogP contribution in [0.4, 0.5) is 0 Å². The monoisotopic (exact) mass is 143 g/mol. The first-order valence-corrected chi connectivity index (χ1v) is 3.51. The van der Waals surface area contributed by atoms with E-state index in [4.69, 9.17) is 0 Å². The van der Waals surface area contributed by atoms with Gasteiger partial charge in [0.15, 0.2) is 0 Å². The lowest BCUT2D eigenvalue weighted by Crippen LogP contribution is -1.98. The molecule has 1 aromatic heterocycles. The molecule has 0 amide bonds. The highest BCUT2D eigenvalue weighted by molar-refractivity contribution is 7.80. The Morgan fingerprint density at radius 1 is 1.56 bits per heavy atom. The maximum atomic E-state index is 4.07. The van der Waals surface area contributed by atoms with E-state index in [1.54, 1.807) is 10.9 Å². The van der Waals surface area contributed by atoms with Crippen molar-refractivity contribution in [2.75, 3.05) is 5.75 Å². The Balaban J connectivity index is 2.30. The highest BCUT2D eigenvalue weighted by atomic mass is 32.1. The van der Waals surface area contributed by atoms with Crippen LogP contribution in [0.1, 0.15) is 6.42 Å². The fourth-order valence-corrected chi connectivity index (χ4v) is 0.726. The van der Waals surface area contributed by atoms with Gasteiger partial charge in [0, 0.05) is 12.7 Å². The normalized spacial score (nSPS) is 9.89. The Kier molecular flexibility index (Phi) is 2.57. The summed E-state index contributed by atoms with van der Waals surface area (Å²) in [6.45, 7) is 0.920. The minimum atomic E-state index is 0.903. The van der Waals surface area contributed by atoms with Crippen molar-refractivity contribution in [3.05, 3.63) is 12.4 Å². The maximum absolute atomic E-state index is 4.07. The van der Waals surface area contributed by atoms with Crippen molar-refractivity contribution in [2.24, 2.45) is 0 Å². The van der Waals surface area contributed by atoms with E-state index in [2.05, 4.69) is 22.9 Å². The summed E-state index contributed by atoms with van der Waals surface area (Å²) in [5, 5.41) is 7.45. The summed E-state index contributed by atoms with van der Waals surface area (Å²) < 4.78 is 1.80. The fraction of sp³-hybridized carbons (Fsp3) is 0.600. The molecule has 0 spiro atoms. The van der Waals surface area contributed by atoms with Crippen molar-refractivity contribution in [2.45, 2.75) is 13.0 Å². The van der Waals surface area contributed by atoms with Crippen LogP contribution in [-0.4, -0.2) is 20.7 Å². The molecule has 0 radical (unpaired) electrons.